The van der Waals surface area contributed by atoms with E-state index in [9.17, 15) is 14.0 Å². The topological polar surface area (TPSA) is 77.1 Å². The van der Waals surface area contributed by atoms with Gasteiger partial charge in [-0.1, -0.05) is 18.2 Å². The molecule has 0 aliphatic heterocycles. The van der Waals surface area contributed by atoms with Crippen molar-refractivity contribution in [3.63, 3.8) is 0 Å². The van der Waals surface area contributed by atoms with Gasteiger partial charge in [0.25, 0.3) is 5.89 Å². The molecule has 124 valence electrons. The van der Waals surface area contributed by atoms with Crippen LogP contribution in [-0.2, 0) is 17.9 Å². The largest absolute Gasteiger partial charge is 0.437 e. The van der Waals surface area contributed by atoms with E-state index >= 15 is 0 Å². The molecule has 2 aromatic heterocycles. The average Bonchev–Trinajstić information content (AvgIpc) is 3.19. The van der Waals surface area contributed by atoms with Gasteiger partial charge in [-0.3, -0.25) is 4.79 Å². The third-order valence-electron chi connectivity index (χ3n) is 3.34. The molecule has 0 atom stereocenters. The van der Waals surface area contributed by atoms with E-state index in [-0.39, 0.29) is 30.7 Å². The fraction of sp³-hybridized carbons (Fsp3) is 0.188. The summed E-state index contributed by atoms with van der Waals surface area (Å²) in [5, 5.41) is 8.51. The van der Waals surface area contributed by atoms with Crippen LogP contribution in [0.4, 0.5) is 4.39 Å². The van der Waals surface area contributed by atoms with E-state index in [0.29, 0.717) is 10.4 Å². The van der Waals surface area contributed by atoms with Crippen molar-refractivity contribution >= 4 is 17.2 Å². The fourth-order valence-electron chi connectivity index (χ4n) is 2.12. The van der Waals surface area contributed by atoms with Crippen molar-refractivity contribution in [1.82, 2.24) is 15.1 Å². The Morgan fingerprint density at radius 1 is 1.42 bits per heavy atom. The van der Waals surface area contributed by atoms with Gasteiger partial charge < -0.3 is 9.73 Å². The molecule has 0 aliphatic rings. The van der Waals surface area contributed by atoms with Crippen LogP contribution in [0.3, 0.4) is 0 Å². The van der Waals surface area contributed by atoms with Crippen molar-refractivity contribution in [2.45, 2.75) is 20.0 Å². The average molecular weight is 347 g/mol. The van der Waals surface area contributed by atoms with Crippen LogP contribution in [0.25, 0.3) is 10.8 Å². The molecule has 0 bridgehead atoms. The van der Waals surface area contributed by atoms with E-state index in [1.165, 1.54) is 17.4 Å². The van der Waals surface area contributed by atoms with E-state index in [0.717, 1.165) is 10.2 Å². The van der Waals surface area contributed by atoms with E-state index in [1.807, 2.05) is 11.4 Å². The van der Waals surface area contributed by atoms with E-state index < -0.39 is 5.76 Å². The van der Waals surface area contributed by atoms with Gasteiger partial charge in [0.1, 0.15) is 12.4 Å². The predicted octanol–water partition coefficient (Wildman–Crippen LogP) is 2.33. The molecule has 3 aromatic rings. The maximum atomic E-state index is 13.2. The smallest absolute Gasteiger partial charge is 0.387 e. The summed E-state index contributed by atoms with van der Waals surface area (Å²) in [6.45, 7) is 1.65. The normalized spacial score (nSPS) is 10.8. The minimum atomic E-state index is -0.689. The molecule has 3 rings (SSSR count). The molecule has 1 amide bonds. The first kappa shape index (κ1) is 16.1. The number of nitrogens with zero attached hydrogens (tertiary/aromatic N) is 2. The lowest BCUT2D eigenvalue weighted by Crippen LogP contribution is -2.31. The zero-order valence-electron chi connectivity index (χ0n) is 12.8. The van der Waals surface area contributed by atoms with Gasteiger partial charge in [0.15, 0.2) is 0 Å². The molecule has 8 heteroatoms. The second-order valence-electron chi connectivity index (χ2n) is 5.17. The number of carbonyl (C=O) groups excluding carboxylic acids is 1. The summed E-state index contributed by atoms with van der Waals surface area (Å²) in [7, 11) is 0. The molecule has 0 saturated carbocycles. The van der Waals surface area contributed by atoms with Crippen LogP contribution in [0.2, 0.25) is 0 Å². The second-order valence-corrected chi connectivity index (χ2v) is 6.12. The van der Waals surface area contributed by atoms with Gasteiger partial charge in [0.05, 0.1) is 4.88 Å². The Balaban J connectivity index is 1.63. The summed E-state index contributed by atoms with van der Waals surface area (Å²) < 4.78 is 19.2. The van der Waals surface area contributed by atoms with Crippen LogP contribution in [0, 0.1) is 12.7 Å². The monoisotopic (exact) mass is 347 g/mol. The Kier molecular flexibility index (Phi) is 4.57. The lowest BCUT2D eigenvalue weighted by atomic mass is 10.1. The zero-order valence-corrected chi connectivity index (χ0v) is 13.6. The highest BCUT2D eigenvalue weighted by Gasteiger charge is 2.13. The predicted molar refractivity (Wildman–Crippen MR) is 87.1 cm³/mol. The Morgan fingerprint density at radius 3 is 2.96 bits per heavy atom. The van der Waals surface area contributed by atoms with E-state index in [2.05, 4.69) is 10.4 Å². The molecular weight excluding hydrogens is 333 g/mol. The Labute approximate surface area is 140 Å². The first-order valence-electron chi connectivity index (χ1n) is 7.16. The molecule has 0 unspecified atom stereocenters. The highest BCUT2D eigenvalue weighted by molar-refractivity contribution is 7.13. The van der Waals surface area contributed by atoms with Gasteiger partial charge in [-0.2, -0.15) is 4.68 Å². The maximum absolute atomic E-state index is 13.2. The number of aromatic nitrogens is 2. The molecule has 0 radical (unpaired) electrons. The highest BCUT2D eigenvalue weighted by Crippen LogP contribution is 2.20. The first-order valence-corrected chi connectivity index (χ1v) is 8.04. The summed E-state index contributed by atoms with van der Waals surface area (Å²) in [5.74, 6) is -1.17. The summed E-state index contributed by atoms with van der Waals surface area (Å²) in [5.41, 5.74) is 1.28. The van der Waals surface area contributed by atoms with Crippen LogP contribution in [0.1, 0.15) is 11.1 Å². The summed E-state index contributed by atoms with van der Waals surface area (Å²) in [6.07, 6.45) is 0. The second kappa shape index (κ2) is 6.79. The number of benzene rings is 1. The van der Waals surface area contributed by atoms with Gasteiger partial charge in [0, 0.05) is 6.54 Å². The Morgan fingerprint density at radius 2 is 2.25 bits per heavy atom. The standard InChI is InChI=1S/C16H14FN3O3S/c1-10-7-11(4-5-12(10)17)8-18-14(21)9-20-16(22)23-15(19-20)13-3-2-6-24-13/h2-7H,8-9H2,1H3,(H,18,21). The van der Waals surface area contributed by atoms with Crippen molar-refractivity contribution in [3.05, 3.63) is 63.2 Å². The zero-order chi connectivity index (χ0) is 17.1. The molecule has 0 saturated heterocycles. The quantitative estimate of drug-likeness (QED) is 0.768. The number of nitrogens with one attached hydrogen (secondary N) is 1. The minimum Gasteiger partial charge on any atom is -0.387 e. The van der Waals surface area contributed by atoms with Gasteiger partial charge in [-0.15, -0.1) is 16.4 Å². The highest BCUT2D eigenvalue weighted by atomic mass is 32.1. The summed E-state index contributed by atoms with van der Waals surface area (Å²) in [4.78, 5) is 24.4. The van der Waals surface area contributed by atoms with Gasteiger partial charge in [-0.25, -0.2) is 9.18 Å². The van der Waals surface area contributed by atoms with Crippen molar-refractivity contribution in [1.29, 1.82) is 0 Å². The molecule has 1 N–H and O–H groups in total. The first-order chi connectivity index (χ1) is 11.5. The lowest BCUT2D eigenvalue weighted by molar-refractivity contribution is -0.122. The van der Waals surface area contributed by atoms with Crippen LogP contribution in [0.5, 0.6) is 0 Å². The number of hydrogen-bond acceptors (Lipinski definition) is 5. The molecule has 24 heavy (non-hydrogen) atoms. The number of amides is 1. The van der Waals surface area contributed by atoms with Gasteiger partial charge in [-0.05, 0) is 35.6 Å². The van der Waals surface area contributed by atoms with Gasteiger partial charge in [0.2, 0.25) is 5.91 Å². The Bertz CT molecular complexity index is 915. The molecular formula is C16H14FN3O3S. The van der Waals surface area contributed by atoms with Gasteiger partial charge >= 0.3 is 5.76 Å². The minimum absolute atomic E-state index is 0.192. The Hall–Kier alpha value is -2.74. The number of carbonyl (C=O) groups is 1. The summed E-state index contributed by atoms with van der Waals surface area (Å²) >= 11 is 1.39. The third-order valence-corrected chi connectivity index (χ3v) is 4.20. The molecule has 6 nitrogen and oxygen atoms in total. The van der Waals surface area contributed by atoms with Crippen molar-refractivity contribution < 1.29 is 13.6 Å². The van der Waals surface area contributed by atoms with E-state index in [1.54, 1.807) is 25.1 Å². The summed E-state index contributed by atoms with van der Waals surface area (Å²) in [6, 6.07) is 8.20. The number of rotatable bonds is 5. The van der Waals surface area contributed by atoms with E-state index in [4.69, 9.17) is 4.42 Å². The third kappa shape index (κ3) is 3.60. The van der Waals surface area contributed by atoms with Crippen molar-refractivity contribution in [2.75, 3.05) is 0 Å². The number of aryl methyl sites for hydroxylation is 1. The molecule has 1 aromatic carbocycles. The number of thiophene rings is 1. The molecule has 0 aliphatic carbocycles. The lowest BCUT2D eigenvalue weighted by Gasteiger charge is -2.06. The van der Waals surface area contributed by atoms with Crippen molar-refractivity contribution in [3.8, 4) is 10.8 Å². The number of halogens is 1. The SMILES string of the molecule is Cc1cc(CNC(=O)Cn2nc(-c3cccs3)oc2=O)ccc1F. The molecule has 0 spiro atoms. The molecule has 0 fully saturated rings. The number of hydrogen-bond donors (Lipinski definition) is 1. The maximum Gasteiger partial charge on any atom is 0.437 e. The van der Waals surface area contributed by atoms with Crippen LogP contribution < -0.4 is 11.1 Å². The van der Waals surface area contributed by atoms with Crippen LogP contribution >= 0.6 is 11.3 Å². The van der Waals surface area contributed by atoms with Crippen LogP contribution in [0.15, 0.2) is 44.9 Å². The molecule has 2 heterocycles. The fourth-order valence-corrected chi connectivity index (χ4v) is 2.76. The van der Waals surface area contributed by atoms with Crippen LogP contribution in [-0.4, -0.2) is 15.7 Å². The van der Waals surface area contributed by atoms with Crippen molar-refractivity contribution in [2.24, 2.45) is 0 Å².